The molecule has 3 aromatic rings. The smallest absolute Gasteiger partial charge is 0.262 e. The van der Waals surface area contributed by atoms with Crippen LogP contribution in [0, 0.1) is 13.8 Å². The third-order valence-corrected chi connectivity index (χ3v) is 5.75. The maximum absolute atomic E-state index is 12.8. The Labute approximate surface area is 170 Å². The van der Waals surface area contributed by atoms with Crippen molar-refractivity contribution in [2.45, 2.75) is 18.7 Å². The minimum atomic E-state index is -3.87. The molecule has 6 nitrogen and oxygen atoms in total. The molecule has 2 N–H and O–H groups in total. The summed E-state index contributed by atoms with van der Waals surface area (Å²) in [6.45, 7) is 3.76. The van der Waals surface area contributed by atoms with Gasteiger partial charge in [-0.25, -0.2) is 8.42 Å². The van der Waals surface area contributed by atoms with Gasteiger partial charge in [0.25, 0.3) is 15.9 Å². The first-order chi connectivity index (χ1) is 13.8. The van der Waals surface area contributed by atoms with Crippen LogP contribution >= 0.6 is 0 Å². The Morgan fingerprint density at radius 2 is 1.69 bits per heavy atom. The molecule has 0 fully saturated rings. The Balaban J connectivity index is 1.85. The molecule has 0 aliphatic heterocycles. The average Bonchev–Trinajstić information content (AvgIpc) is 2.70. The van der Waals surface area contributed by atoms with E-state index in [0.29, 0.717) is 22.7 Å². The summed E-state index contributed by atoms with van der Waals surface area (Å²) >= 11 is 0. The lowest BCUT2D eigenvalue weighted by atomic mass is 10.1. The lowest BCUT2D eigenvalue weighted by molar-refractivity contribution is 0.102. The first-order valence-electron chi connectivity index (χ1n) is 8.94. The molecule has 0 saturated carbocycles. The van der Waals surface area contributed by atoms with Crippen molar-refractivity contribution in [2.24, 2.45) is 0 Å². The van der Waals surface area contributed by atoms with Gasteiger partial charge in [0.1, 0.15) is 5.75 Å². The third-order valence-electron chi connectivity index (χ3n) is 4.39. The number of ether oxygens (including phenoxy) is 1. The standard InChI is InChI=1S/C22H22N2O4S/c1-15-11-12-16(2)19(13-15)22(25)23-17-7-6-8-18(14-17)29(26,27)24-20-9-4-5-10-21(20)28-3/h4-14,24H,1-3H3,(H,23,25). The summed E-state index contributed by atoms with van der Waals surface area (Å²) in [5, 5.41) is 2.77. The van der Waals surface area contributed by atoms with Crippen molar-refractivity contribution in [3.8, 4) is 5.75 Å². The highest BCUT2D eigenvalue weighted by Gasteiger charge is 2.18. The van der Waals surface area contributed by atoms with Crippen molar-refractivity contribution in [1.82, 2.24) is 0 Å². The lowest BCUT2D eigenvalue weighted by Gasteiger charge is -2.13. The summed E-state index contributed by atoms with van der Waals surface area (Å²) in [5.74, 6) is 0.119. The van der Waals surface area contributed by atoms with Gasteiger partial charge in [-0.05, 0) is 55.8 Å². The van der Waals surface area contributed by atoms with Gasteiger partial charge >= 0.3 is 0 Å². The zero-order valence-corrected chi connectivity index (χ0v) is 17.2. The van der Waals surface area contributed by atoms with E-state index in [0.717, 1.165) is 11.1 Å². The maximum atomic E-state index is 12.8. The number of nitrogens with one attached hydrogen (secondary N) is 2. The lowest BCUT2D eigenvalue weighted by Crippen LogP contribution is -2.16. The highest BCUT2D eigenvalue weighted by Crippen LogP contribution is 2.27. The highest BCUT2D eigenvalue weighted by atomic mass is 32.2. The largest absolute Gasteiger partial charge is 0.495 e. The van der Waals surface area contributed by atoms with Crippen LogP contribution < -0.4 is 14.8 Å². The third kappa shape index (κ3) is 4.75. The number of para-hydroxylation sites is 2. The summed E-state index contributed by atoms with van der Waals surface area (Å²) in [4.78, 5) is 12.7. The van der Waals surface area contributed by atoms with Crippen molar-refractivity contribution < 1.29 is 17.9 Å². The fourth-order valence-corrected chi connectivity index (χ4v) is 3.97. The van der Waals surface area contributed by atoms with E-state index in [1.165, 1.54) is 19.2 Å². The molecule has 0 spiro atoms. The number of carbonyl (C=O) groups is 1. The van der Waals surface area contributed by atoms with Crippen molar-refractivity contribution in [3.63, 3.8) is 0 Å². The molecule has 0 aliphatic carbocycles. The highest BCUT2D eigenvalue weighted by molar-refractivity contribution is 7.92. The molecule has 0 unspecified atom stereocenters. The SMILES string of the molecule is COc1ccccc1NS(=O)(=O)c1cccc(NC(=O)c2cc(C)ccc2C)c1. The Bertz CT molecular complexity index is 1160. The van der Waals surface area contributed by atoms with Gasteiger partial charge in [-0.3, -0.25) is 9.52 Å². The molecule has 1 amide bonds. The van der Waals surface area contributed by atoms with Gasteiger partial charge in [-0.1, -0.05) is 35.9 Å². The number of hydrogen-bond acceptors (Lipinski definition) is 4. The minimum Gasteiger partial charge on any atom is -0.495 e. The summed E-state index contributed by atoms with van der Waals surface area (Å²) in [5.41, 5.74) is 3.08. The number of methoxy groups -OCH3 is 1. The van der Waals surface area contributed by atoms with Crippen LogP contribution in [0.25, 0.3) is 0 Å². The van der Waals surface area contributed by atoms with Gasteiger partial charge in [0, 0.05) is 11.3 Å². The molecular formula is C22H22N2O4S. The van der Waals surface area contributed by atoms with Crippen LogP contribution in [0.4, 0.5) is 11.4 Å². The second-order valence-electron chi connectivity index (χ2n) is 6.61. The molecule has 0 saturated heterocycles. The molecule has 0 aliphatic rings. The predicted octanol–water partition coefficient (Wildman–Crippen LogP) is 4.37. The molecule has 150 valence electrons. The number of carbonyl (C=O) groups excluding carboxylic acids is 1. The molecule has 0 bridgehead atoms. The molecule has 0 radical (unpaired) electrons. The van der Waals surface area contributed by atoms with Gasteiger partial charge in [-0.2, -0.15) is 0 Å². The maximum Gasteiger partial charge on any atom is 0.262 e. The van der Waals surface area contributed by atoms with Crippen LogP contribution in [0.2, 0.25) is 0 Å². The van der Waals surface area contributed by atoms with Gasteiger partial charge in [0.2, 0.25) is 0 Å². The van der Waals surface area contributed by atoms with Gasteiger partial charge in [0.15, 0.2) is 0 Å². The minimum absolute atomic E-state index is 0.0298. The molecule has 3 aromatic carbocycles. The van der Waals surface area contributed by atoms with E-state index in [-0.39, 0.29) is 10.8 Å². The van der Waals surface area contributed by atoms with Gasteiger partial charge in [0.05, 0.1) is 17.7 Å². The molecule has 3 rings (SSSR count). The summed E-state index contributed by atoms with van der Waals surface area (Å²) in [6.07, 6.45) is 0. The van der Waals surface area contributed by atoms with E-state index in [1.807, 2.05) is 26.0 Å². The molecule has 0 heterocycles. The predicted molar refractivity (Wildman–Crippen MR) is 114 cm³/mol. The number of rotatable bonds is 6. The fourth-order valence-electron chi connectivity index (χ4n) is 2.85. The van der Waals surface area contributed by atoms with Crippen molar-refractivity contribution in [2.75, 3.05) is 17.1 Å². The Hall–Kier alpha value is -3.32. The number of hydrogen-bond donors (Lipinski definition) is 2. The summed E-state index contributed by atoms with van der Waals surface area (Å²) in [7, 11) is -2.40. The second kappa shape index (κ2) is 8.36. The number of benzene rings is 3. The van der Waals surface area contributed by atoms with E-state index in [9.17, 15) is 13.2 Å². The monoisotopic (exact) mass is 410 g/mol. The van der Waals surface area contributed by atoms with Crippen LogP contribution in [-0.4, -0.2) is 21.4 Å². The van der Waals surface area contributed by atoms with E-state index in [2.05, 4.69) is 10.0 Å². The first-order valence-corrected chi connectivity index (χ1v) is 10.4. The van der Waals surface area contributed by atoms with Crippen LogP contribution in [0.1, 0.15) is 21.5 Å². The Kier molecular flexibility index (Phi) is 5.89. The zero-order valence-electron chi connectivity index (χ0n) is 16.4. The van der Waals surface area contributed by atoms with Gasteiger partial charge < -0.3 is 10.1 Å². The molecule has 0 aromatic heterocycles. The van der Waals surface area contributed by atoms with E-state index in [4.69, 9.17) is 4.74 Å². The van der Waals surface area contributed by atoms with Crippen molar-refractivity contribution in [3.05, 3.63) is 83.4 Å². The quantitative estimate of drug-likeness (QED) is 0.632. The number of aryl methyl sites for hydroxylation is 2. The van der Waals surface area contributed by atoms with E-state index in [1.54, 1.807) is 42.5 Å². The number of sulfonamides is 1. The van der Waals surface area contributed by atoms with Crippen LogP contribution in [0.3, 0.4) is 0 Å². The molecule has 29 heavy (non-hydrogen) atoms. The topological polar surface area (TPSA) is 84.5 Å². The normalized spacial score (nSPS) is 11.0. The Morgan fingerprint density at radius 1 is 0.931 bits per heavy atom. The van der Waals surface area contributed by atoms with Crippen LogP contribution in [-0.2, 0) is 10.0 Å². The zero-order chi connectivity index (χ0) is 21.0. The fraction of sp³-hybridized carbons (Fsp3) is 0.136. The van der Waals surface area contributed by atoms with Crippen LogP contribution in [0.5, 0.6) is 5.75 Å². The Morgan fingerprint density at radius 3 is 2.45 bits per heavy atom. The number of amides is 1. The van der Waals surface area contributed by atoms with Crippen molar-refractivity contribution >= 4 is 27.3 Å². The van der Waals surface area contributed by atoms with Crippen LogP contribution in [0.15, 0.2) is 71.6 Å². The molecular weight excluding hydrogens is 388 g/mol. The summed E-state index contributed by atoms with van der Waals surface area (Å²) < 4.78 is 33.3. The molecule has 7 heteroatoms. The average molecular weight is 410 g/mol. The van der Waals surface area contributed by atoms with E-state index < -0.39 is 10.0 Å². The first kappa shape index (κ1) is 20.4. The van der Waals surface area contributed by atoms with E-state index >= 15 is 0 Å². The number of anilines is 2. The second-order valence-corrected chi connectivity index (χ2v) is 8.29. The molecule has 0 atom stereocenters. The van der Waals surface area contributed by atoms with Gasteiger partial charge in [-0.15, -0.1) is 0 Å². The van der Waals surface area contributed by atoms with Crippen molar-refractivity contribution in [1.29, 1.82) is 0 Å². The summed E-state index contributed by atoms with van der Waals surface area (Å²) in [6, 6.07) is 18.5.